The minimum atomic E-state index is -0.993. The van der Waals surface area contributed by atoms with Crippen LogP contribution >= 0.6 is 12.4 Å². The summed E-state index contributed by atoms with van der Waals surface area (Å²) >= 11 is 0. The van der Waals surface area contributed by atoms with Crippen LogP contribution in [0.5, 0.6) is 11.5 Å². The normalized spacial score (nSPS) is 19.1. The van der Waals surface area contributed by atoms with E-state index in [1.165, 1.54) is 12.1 Å². The Labute approximate surface area is 237 Å². The lowest BCUT2D eigenvalue weighted by Crippen LogP contribution is -2.73. The van der Waals surface area contributed by atoms with Crippen LogP contribution in [0, 0.1) is 5.92 Å². The van der Waals surface area contributed by atoms with Crippen LogP contribution in [0.25, 0.3) is 0 Å². The number of carbonyl (C=O) groups is 3. The van der Waals surface area contributed by atoms with Crippen molar-refractivity contribution in [1.29, 1.82) is 0 Å². The van der Waals surface area contributed by atoms with E-state index in [0.717, 1.165) is 38.0 Å². The molecule has 2 aliphatic heterocycles. The molecule has 2 saturated heterocycles. The number of ether oxygens (including phenoxy) is 1. The molecule has 2 fully saturated rings. The van der Waals surface area contributed by atoms with Gasteiger partial charge in [-0.2, -0.15) is 0 Å². The Hall–Kier alpha value is -3.10. The summed E-state index contributed by atoms with van der Waals surface area (Å²) in [5, 5.41) is 12.2. The van der Waals surface area contributed by atoms with Crippen molar-refractivity contribution in [2.75, 3.05) is 19.6 Å². The largest absolute Gasteiger partial charge is 0.478 e. The molecular formula is C30H40ClN3O5. The Morgan fingerprint density at radius 3 is 2.41 bits per heavy atom. The van der Waals surface area contributed by atoms with Gasteiger partial charge in [-0.1, -0.05) is 45.4 Å². The molecule has 0 radical (unpaired) electrons. The third kappa shape index (κ3) is 7.11. The molecule has 2 amide bonds. The molecule has 2 aromatic rings. The van der Waals surface area contributed by atoms with Gasteiger partial charge in [0.25, 0.3) is 0 Å². The highest BCUT2D eigenvalue weighted by Gasteiger charge is 2.53. The number of carbonyl (C=O) groups excluding carboxylic acids is 2. The summed E-state index contributed by atoms with van der Waals surface area (Å²) in [6, 6.07) is 13.8. The van der Waals surface area contributed by atoms with E-state index in [9.17, 15) is 19.5 Å². The first-order valence-electron chi connectivity index (χ1n) is 13.7. The average Bonchev–Trinajstić information content (AvgIpc) is 2.89. The van der Waals surface area contributed by atoms with Gasteiger partial charge in [0.15, 0.2) is 0 Å². The lowest BCUT2D eigenvalue weighted by atomic mass is 9.80. The van der Waals surface area contributed by atoms with Crippen LogP contribution < -0.4 is 10.1 Å². The number of halogens is 1. The standard InChI is InChI=1S/C30H39N3O5.ClH/c1-4-5-15-33-27(34)26(18-21(2)3)31-29(37)30(33)13-16-32(17-14-30)20-22-9-11-24(12-10-22)38-25-8-6-7-23(19-25)28(35)36;/h6-12,19,21,26H,4-5,13-18,20H2,1-3H3,(H,31,37)(H,35,36);1H/t26-;/m0./s1. The summed E-state index contributed by atoms with van der Waals surface area (Å²) in [6.45, 7) is 9.11. The van der Waals surface area contributed by atoms with Gasteiger partial charge in [0.1, 0.15) is 23.1 Å². The molecule has 212 valence electrons. The maximum atomic E-state index is 13.4. The SMILES string of the molecule is CCCCN1C(=O)[C@H](CC(C)C)NC(=O)C12CCN(Cc1ccc(Oc3cccc(C(=O)O)c3)cc1)CC2.Cl. The molecule has 0 aromatic heterocycles. The number of amides is 2. The second-order valence-corrected chi connectivity index (χ2v) is 10.9. The summed E-state index contributed by atoms with van der Waals surface area (Å²) in [6.07, 6.45) is 3.80. The molecule has 0 saturated carbocycles. The predicted molar refractivity (Wildman–Crippen MR) is 152 cm³/mol. The quantitative estimate of drug-likeness (QED) is 0.421. The van der Waals surface area contributed by atoms with Gasteiger partial charge >= 0.3 is 5.97 Å². The monoisotopic (exact) mass is 557 g/mol. The van der Waals surface area contributed by atoms with Crippen molar-refractivity contribution >= 4 is 30.2 Å². The van der Waals surface area contributed by atoms with Crippen LogP contribution in [-0.2, 0) is 16.1 Å². The summed E-state index contributed by atoms with van der Waals surface area (Å²) in [7, 11) is 0. The van der Waals surface area contributed by atoms with Gasteiger partial charge in [0, 0.05) is 26.2 Å². The second kappa shape index (κ2) is 13.3. The summed E-state index contributed by atoms with van der Waals surface area (Å²) in [5.74, 6) is 0.529. The van der Waals surface area contributed by atoms with Crippen molar-refractivity contribution < 1.29 is 24.2 Å². The minimum absolute atomic E-state index is 0. The maximum Gasteiger partial charge on any atom is 0.335 e. The molecule has 0 unspecified atom stereocenters. The van der Waals surface area contributed by atoms with E-state index in [1.807, 2.05) is 29.2 Å². The molecule has 2 heterocycles. The van der Waals surface area contributed by atoms with Crippen LogP contribution in [-0.4, -0.2) is 63.9 Å². The van der Waals surface area contributed by atoms with Gasteiger partial charge in [0.2, 0.25) is 11.8 Å². The third-order valence-electron chi connectivity index (χ3n) is 7.58. The zero-order chi connectivity index (χ0) is 27.3. The summed E-state index contributed by atoms with van der Waals surface area (Å²) in [5.41, 5.74) is 0.550. The lowest BCUT2D eigenvalue weighted by molar-refractivity contribution is -0.161. The van der Waals surface area contributed by atoms with Crippen molar-refractivity contribution in [2.45, 2.75) is 71.0 Å². The number of unbranched alkanes of at least 4 members (excludes halogenated alkanes) is 1. The number of hydrogen-bond donors (Lipinski definition) is 2. The van der Waals surface area contributed by atoms with E-state index in [1.54, 1.807) is 12.1 Å². The van der Waals surface area contributed by atoms with Crippen molar-refractivity contribution in [1.82, 2.24) is 15.1 Å². The van der Waals surface area contributed by atoms with Gasteiger partial charge < -0.3 is 20.1 Å². The second-order valence-electron chi connectivity index (χ2n) is 10.9. The molecule has 2 aromatic carbocycles. The van der Waals surface area contributed by atoms with Crippen molar-refractivity contribution in [3.63, 3.8) is 0 Å². The Balaban J connectivity index is 0.00000420. The van der Waals surface area contributed by atoms with Crippen LogP contribution in [0.3, 0.4) is 0 Å². The van der Waals surface area contributed by atoms with Gasteiger partial charge in [-0.15, -0.1) is 12.4 Å². The molecular weight excluding hydrogens is 518 g/mol. The topological polar surface area (TPSA) is 99.2 Å². The first-order valence-corrected chi connectivity index (χ1v) is 13.7. The summed E-state index contributed by atoms with van der Waals surface area (Å²) < 4.78 is 5.83. The number of likely N-dealkylation sites (tertiary alicyclic amines) is 1. The molecule has 9 heteroatoms. The Morgan fingerprint density at radius 1 is 1.10 bits per heavy atom. The summed E-state index contributed by atoms with van der Waals surface area (Å²) in [4.78, 5) is 42.3. The average molecular weight is 558 g/mol. The molecule has 2 aliphatic rings. The van der Waals surface area contributed by atoms with Gasteiger partial charge in [0.05, 0.1) is 5.56 Å². The van der Waals surface area contributed by atoms with Crippen LogP contribution in [0.15, 0.2) is 48.5 Å². The first-order chi connectivity index (χ1) is 18.2. The highest BCUT2D eigenvalue weighted by Crippen LogP contribution is 2.35. The number of carboxylic acid groups (broad SMARTS) is 1. The van der Waals surface area contributed by atoms with Crippen molar-refractivity contribution in [3.8, 4) is 11.5 Å². The zero-order valence-electron chi connectivity index (χ0n) is 23.0. The third-order valence-corrected chi connectivity index (χ3v) is 7.58. The Bertz CT molecular complexity index is 1150. The molecule has 4 rings (SSSR count). The number of nitrogens with zero attached hydrogens (tertiary/aromatic N) is 2. The predicted octanol–water partition coefficient (Wildman–Crippen LogP) is 5.11. The van der Waals surface area contributed by atoms with E-state index in [-0.39, 0.29) is 29.8 Å². The lowest BCUT2D eigenvalue weighted by Gasteiger charge is -2.52. The minimum Gasteiger partial charge on any atom is -0.478 e. The number of nitrogens with one attached hydrogen (secondary N) is 1. The number of rotatable bonds is 10. The van der Waals surface area contributed by atoms with Crippen molar-refractivity contribution in [2.24, 2.45) is 5.92 Å². The van der Waals surface area contributed by atoms with E-state index in [4.69, 9.17) is 4.74 Å². The number of hydrogen-bond acceptors (Lipinski definition) is 5. The highest BCUT2D eigenvalue weighted by atomic mass is 35.5. The first kappa shape index (κ1) is 30.4. The number of carboxylic acids is 1. The molecule has 2 N–H and O–H groups in total. The molecule has 8 nitrogen and oxygen atoms in total. The van der Waals surface area contributed by atoms with Crippen LogP contribution in [0.1, 0.15) is 68.8 Å². The smallest absolute Gasteiger partial charge is 0.335 e. The number of aromatic carboxylic acids is 1. The van der Waals surface area contributed by atoms with Crippen molar-refractivity contribution in [3.05, 3.63) is 59.7 Å². The van der Waals surface area contributed by atoms with Gasteiger partial charge in [-0.3, -0.25) is 14.5 Å². The fourth-order valence-corrected chi connectivity index (χ4v) is 5.48. The Morgan fingerprint density at radius 2 is 1.79 bits per heavy atom. The van der Waals surface area contributed by atoms with E-state index in [2.05, 4.69) is 31.0 Å². The van der Waals surface area contributed by atoms with E-state index >= 15 is 0 Å². The molecule has 1 spiro atoms. The number of benzene rings is 2. The Kier molecular flexibility index (Phi) is 10.4. The molecule has 0 bridgehead atoms. The van der Waals surface area contributed by atoms with E-state index < -0.39 is 17.6 Å². The maximum absolute atomic E-state index is 13.4. The fraction of sp³-hybridized carbons (Fsp3) is 0.500. The zero-order valence-corrected chi connectivity index (χ0v) is 23.8. The molecule has 1 atom stereocenters. The fourth-order valence-electron chi connectivity index (χ4n) is 5.48. The molecule has 0 aliphatic carbocycles. The highest BCUT2D eigenvalue weighted by molar-refractivity contribution is 6.00. The van der Waals surface area contributed by atoms with E-state index in [0.29, 0.717) is 43.2 Å². The number of piperazine rings is 1. The van der Waals surface area contributed by atoms with Crippen LogP contribution in [0.4, 0.5) is 0 Å². The van der Waals surface area contributed by atoms with Crippen LogP contribution in [0.2, 0.25) is 0 Å². The van der Waals surface area contributed by atoms with Gasteiger partial charge in [-0.25, -0.2) is 4.79 Å². The molecule has 39 heavy (non-hydrogen) atoms. The number of piperidine rings is 1. The van der Waals surface area contributed by atoms with Gasteiger partial charge in [-0.05, 0) is 67.5 Å².